The minimum Gasteiger partial charge on any atom is -0.588 e. The molecule has 2 N–H and O–H groups in total. The molecule has 0 saturated heterocycles. The molecule has 3 rings (SSSR count). The van der Waals surface area contributed by atoms with Crippen molar-refractivity contribution in [3.8, 4) is 0 Å². The molecular weight excluding hydrogens is 363 g/mol. The van der Waals surface area contributed by atoms with E-state index in [0.29, 0.717) is 12.2 Å². The molecule has 0 saturated carbocycles. The van der Waals surface area contributed by atoms with Crippen LogP contribution < -0.4 is 10.0 Å². The number of anilines is 2. The highest BCUT2D eigenvalue weighted by atomic mass is 32.3. The van der Waals surface area contributed by atoms with Gasteiger partial charge < -0.3 is 9.87 Å². The third-order valence-electron chi connectivity index (χ3n) is 3.80. The standard InChI is InChI=1S/C21H19FN2O2S/c22-20-13-4-5-14-21(20)24-27(25,26)19-12-6-11-18(16-19)23-15-7-10-17-8-2-1-3-9-17/h1-14,16,23H,15H2,(H-,24,25,26)/b10-7+. The molecular formula is C21H19FN2O2S. The van der Waals surface area contributed by atoms with Crippen LogP contribution in [0, 0.1) is 5.82 Å². The van der Waals surface area contributed by atoms with Crippen LogP contribution in [0.4, 0.5) is 15.8 Å². The van der Waals surface area contributed by atoms with Gasteiger partial charge in [-0.3, -0.25) is 0 Å². The Morgan fingerprint density at radius 2 is 1.70 bits per heavy atom. The van der Waals surface area contributed by atoms with E-state index in [1.54, 1.807) is 18.2 Å². The van der Waals surface area contributed by atoms with Gasteiger partial charge in [0, 0.05) is 18.3 Å². The SMILES string of the molecule is O=[S+]([O-])(Nc1ccccc1F)c1cccc(NC/C=C/c2ccccc2)c1. The summed E-state index contributed by atoms with van der Waals surface area (Å²) in [4.78, 5) is 0.0581. The van der Waals surface area contributed by atoms with E-state index in [1.807, 2.05) is 42.5 Å². The lowest BCUT2D eigenvalue weighted by Crippen LogP contribution is -2.21. The fourth-order valence-corrected chi connectivity index (χ4v) is 3.57. The van der Waals surface area contributed by atoms with Gasteiger partial charge in [-0.1, -0.05) is 64.9 Å². The second kappa shape index (κ2) is 8.62. The van der Waals surface area contributed by atoms with E-state index in [4.69, 9.17) is 0 Å². The third-order valence-corrected chi connectivity index (χ3v) is 5.16. The maximum Gasteiger partial charge on any atom is 0.182 e. The molecule has 1 unspecified atom stereocenters. The van der Waals surface area contributed by atoms with E-state index in [-0.39, 0.29) is 10.6 Å². The molecule has 0 radical (unpaired) electrons. The molecule has 0 heterocycles. The summed E-state index contributed by atoms with van der Waals surface area (Å²) >= 11 is 0. The number of hydrogen-bond acceptors (Lipinski definition) is 3. The fourth-order valence-electron chi connectivity index (χ4n) is 2.46. The number of nitrogens with one attached hydrogen (secondary N) is 2. The van der Waals surface area contributed by atoms with Crippen LogP contribution in [-0.4, -0.2) is 11.1 Å². The van der Waals surface area contributed by atoms with Gasteiger partial charge >= 0.3 is 0 Å². The molecule has 27 heavy (non-hydrogen) atoms. The maximum atomic E-state index is 13.7. The van der Waals surface area contributed by atoms with Gasteiger partial charge in [0.1, 0.15) is 5.69 Å². The minimum absolute atomic E-state index is 0.0581. The highest BCUT2D eigenvalue weighted by molar-refractivity contribution is 7.98. The predicted molar refractivity (Wildman–Crippen MR) is 108 cm³/mol. The largest absolute Gasteiger partial charge is 0.588 e. The van der Waals surface area contributed by atoms with E-state index in [1.165, 1.54) is 30.3 Å². The molecule has 138 valence electrons. The van der Waals surface area contributed by atoms with Crippen LogP contribution in [0.25, 0.3) is 6.08 Å². The van der Waals surface area contributed by atoms with Crippen LogP contribution in [-0.2, 0) is 14.6 Å². The Morgan fingerprint density at radius 1 is 0.963 bits per heavy atom. The Morgan fingerprint density at radius 3 is 2.48 bits per heavy atom. The summed E-state index contributed by atoms with van der Waals surface area (Å²) in [6, 6.07) is 21.9. The van der Waals surface area contributed by atoms with Gasteiger partial charge in [0.25, 0.3) is 0 Å². The molecule has 0 aliphatic carbocycles. The smallest absolute Gasteiger partial charge is 0.182 e. The molecule has 0 aliphatic rings. The first-order valence-electron chi connectivity index (χ1n) is 8.37. The van der Waals surface area contributed by atoms with Crippen LogP contribution in [0.15, 0.2) is 89.8 Å². The van der Waals surface area contributed by atoms with Gasteiger partial charge in [-0.05, 0) is 29.8 Å². The lowest BCUT2D eigenvalue weighted by molar-refractivity contribution is 0.483. The van der Waals surface area contributed by atoms with Crippen molar-refractivity contribution in [2.75, 3.05) is 16.6 Å². The number of benzene rings is 3. The Labute approximate surface area is 159 Å². The summed E-state index contributed by atoms with van der Waals surface area (Å²) < 4.78 is 41.0. The Balaban J connectivity index is 1.66. The first-order valence-corrected chi connectivity index (χ1v) is 9.86. The second-order valence-corrected chi connectivity index (χ2v) is 7.49. The molecule has 3 aromatic rings. The summed E-state index contributed by atoms with van der Waals surface area (Å²) in [6.07, 6.45) is 3.93. The zero-order chi connectivity index (χ0) is 19.1. The van der Waals surface area contributed by atoms with Crippen LogP contribution >= 0.6 is 0 Å². The normalized spacial score (nSPS) is 13.3. The Bertz CT molecular complexity index is 977. The maximum absolute atomic E-state index is 13.7. The number of para-hydroxylation sites is 1. The van der Waals surface area contributed by atoms with Crippen LogP contribution in [0.5, 0.6) is 0 Å². The van der Waals surface area contributed by atoms with Gasteiger partial charge in [-0.2, -0.15) is 4.72 Å². The van der Waals surface area contributed by atoms with Crippen molar-refractivity contribution in [2.45, 2.75) is 4.90 Å². The summed E-state index contributed by atoms with van der Waals surface area (Å²) in [7, 11) is -3.88. The van der Waals surface area contributed by atoms with Crippen LogP contribution in [0.2, 0.25) is 0 Å². The third kappa shape index (κ3) is 5.26. The van der Waals surface area contributed by atoms with Gasteiger partial charge in [0.2, 0.25) is 0 Å². The van der Waals surface area contributed by atoms with E-state index in [0.717, 1.165) is 5.56 Å². The van der Waals surface area contributed by atoms with Crippen molar-refractivity contribution in [1.29, 1.82) is 0 Å². The van der Waals surface area contributed by atoms with Gasteiger partial charge in [0.05, 0.1) is 0 Å². The van der Waals surface area contributed by atoms with Gasteiger partial charge in [-0.15, -0.1) is 0 Å². The summed E-state index contributed by atoms with van der Waals surface area (Å²) in [5.74, 6) is -0.624. The molecule has 0 amide bonds. The minimum atomic E-state index is -3.88. The highest BCUT2D eigenvalue weighted by Gasteiger charge is 2.22. The predicted octanol–water partition coefficient (Wildman–Crippen LogP) is 4.97. The first kappa shape index (κ1) is 18.8. The van der Waals surface area contributed by atoms with Crippen molar-refractivity contribution >= 4 is 27.9 Å². The molecule has 0 fully saturated rings. The first-order chi connectivity index (χ1) is 13.0. The summed E-state index contributed by atoms with van der Waals surface area (Å²) in [6.45, 7) is 0.541. The average Bonchev–Trinajstić information content (AvgIpc) is 2.68. The number of sulfonamides is 1. The van der Waals surface area contributed by atoms with Gasteiger partial charge in [-0.25, -0.2) is 4.39 Å². The lowest BCUT2D eigenvalue weighted by atomic mass is 10.2. The second-order valence-electron chi connectivity index (χ2n) is 5.81. The topological polar surface area (TPSA) is 64.2 Å². The van der Waals surface area contributed by atoms with E-state index in [2.05, 4.69) is 10.0 Å². The van der Waals surface area contributed by atoms with E-state index in [9.17, 15) is 13.2 Å². The Hall–Kier alpha value is -2.96. The Kier molecular flexibility index (Phi) is 6.01. The van der Waals surface area contributed by atoms with Crippen molar-refractivity contribution < 1.29 is 13.2 Å². The zero-order valence-electron chi connectivity index (χ0n) is 14.5. The van der Waals surface area contributed by atoms with Gasteiger partial charge in [0.15, 0.2) is 21.1 Å². The van der Waals surface area contributed by atoms with E-state index < -0.39 is 16.2 Å². The molecule has 0 aliphatic heterocycles. The van der Waals surface area contributed by atoms with Crippen LogP contribution in [0.3, 0.4) is 0 Å². The van der Waals surface area contributed by atoms with E-state index >= 15 is 0 Å². The quantitative estimate of drug-likeness (QED) is 0.567. The van der Waals surface area contributed by atoms with Crippen molar-refractivity contribution in [1.82, 2.24) is 0 Å². The zero-order valence-corrected chi connectivity index (χ0v) is 15.3. The highest BCUT2D eigenvalue weighted by Crippen LogP contribution is 2.24. The summed E-state index contributed by atoms with van der Waals surface area (Å²) in [5, 5.41) is 3.15. The molecule has 4 nitrogen and oxygen atoms in total. The number of rotatable bonds is 7. The molecule has 6 heteroatoms. The molecule has 0 aromatic heterocycles. The fraction of sp³-hybridized carbons (Fsp3) is 0.0476. The molecule has 3 aromatic carbocycles. The van der Waals surface area contributed by atoms with Crippen molar-refractivity contribution in [3.05, 3.63) is 96.3 Å². The van der Waals surface area contributed by atoms with Crippen molar-refractivity contribution in [2.24, 2.45) is 0 Å². The van der Waals surface area contributed by atoms with Crippen LogP contribution in [0.1, 0.15) is 5.56 Å². The van der Waals surface area contributed by atoms with Crippen molar-refractivity contribution in [3.63, 3.8) is 0 Å². The monoisotopic (exact) mass is 382 g/mol. The number of halogens is 1. The molecule has 1 atom stereocenters. The molecule has 0 spiro atoms. The number of hydrogen-bond donors (Lipinski definition) is 2. The lowest BCUT2D eigenvalue weighted by Gasteiger charge is -2.17. The molecule has 0 bridgehead atoms. The summed E-state index contributed by atoms with van der Waals surface area (Å²) in [5.41, 5.74) is 1.66. The average molecular weight is 382 g/mol.